The van der Waals surface area contributed by atoms with Gasteiger partial charge in [-0.25, -0.2) is 0 Å². The molecule has 0 saturated carbocycles. The van der Waals surface area contributed by atoms with E-state index < -0.39 is 0 Å². The third-order valence-corrected chi connectivity index (χ3v) is 3.24. The molecule has 100 valence electrons. The highest BCUT2D eigenvalue weighted by atomic mass is 16.3. The van der Waals surface area contributed by atoms with Crippen LogP contribution in [0.4, 0.5) is 0 Å². The van der Waals surface area contributed by atoms with Crippen molar-refractivity contribution in [2.24, 2.45) is 5.92 Å². The molecule has 0 aromatic heterocycles. The Bertz CT molecular complexity index is 401. The van der Waals surface area contributed by atoms with Crippen LogP contribution in [0.2, 0.25) is 0 Å². The summed E-state index contributed by atoms with van der Waals surface area (Å²) in [6.45, 7) is 6.93. The first-order valence-electron chi connectivity index (χ1n) is 6.51. The molecule has 0 aliphatic rings. The summed E-state index contributed by atoms with van der Waals surface area (Å²) in [4.78, 5) is 11.9. The molecule has 0 aliphatic heterocycles. The van der Waals surface area contributed by atoms with E-state index in [-0.39, 0.29) is 12.5 Å². The Balaban J connectivity index is 2.39. The summed E-state index contributed by atoms with van der Waals surface area (Å²) in [6, 6.07) is 5.74. The molecular formula is C15H23NO2. The fourth-order valence-electron chi connectivity index (χ4n) is 1.73. The van der Waals surface area contributed by atoms with Crippen molar-refractivity contribution in [3.63, 3.8) is 0 Å². The average Bonchev–Trinajstić information content (AvgIpc) is 2.37. The highest BCUT2D eigenvalue weighted by Crippen LogP contribution is 2.10. The number of hydrogen-bond donors (Lipinski definition) is 2. The van der Waals surface area contributed by atoms with E-state index >= 15 is 0 Å². The van der Waals surface area contributed by atoms with Crippen LogP contribution < -0.4 is 5.32 Å². The zero-order valence-corrected chi connectivity index (χ0v) is 11.5. The van der Waals surface area contributed by atoms with Crippen molar-refractivity contribution in [3.8, 4) is 0 Å². The van der Waals surface area contributed by atoms with Gasteiger partial charge in [0, 0.05) is 18.7 Å². The predicted molar refractivity (Wildman–Crippen MR) is 73.7 cm³/mol. The van der Waals surface area contributed by atoms with E-state index in [2.05, 4.69) is 5.32 Å². The van der Waals surface area contributed by atoms with Gasteiger partial charge in [-0.15, -0.1) is 0 Å². The van der Waals surface area contributed by atoms with Crippen LogP contribution in [0.5, 0.6) is 0 Å². The number of carbonyl (C=O) groups excluding carboxylic acids is 1. The molecule has 3 nitrogen and oxygen atoms in total. The van der Waals surface area contributed by atoms with Gasteiger partial charge in [0.25, 0.3) is 5.91 Å². The summed E-state index contributed by atoms with van der Waals surface area (Å²) < 4.78 is 0. The van der Waals surface area contributed by atoms with E-state index in [9.17, 15) is 4.79 Å². The molecule has 0 fully saturated rings. The minimum Gasteiger partial charge on any atom is -0.396 e. The molecule has 3 heteroatoms. The molecule has 18 heavy (non-hydrogen) atoms. The van der Waals surface area contributed by atoms with Crippen LogP contribution in [0, 0.1) is 19.8 Å². The van der Waals surface area contributed by atoms with Gasteiger partial charge < -0.3 is 10.4 Å². The lowest BCUT2D eigenvalue weighted by Crippen LogP contribution is -2.25. The Morgan fingerprint density at radius 2 is 2.06 bits per heavy atom. The molecular weight excluding hydrogens is 226 g/mol. The first-order chi connectivity index (χ1) is 8.54. The van der Waals surface area contributed by atoms with Crippen molar-refractivity contribution < 1.29 is 9.90 Å². The maximum Gasteiger partial charge on any atom is 0.251 e. The molecule has 0 saturated heterocycles. The number of rotatable bonds is 6. The van der Waals surface area contributed by atoms with Gasteiger partial charge in [-0.05, 0) is 55.9 Å². The molecule has 2 N–H and O–H groups in total. The number of nitrogens with one attached hydrogen (secondary N) is 1. The lowest BCUT2D eigenvalue weighted by Gasteiger charge is -2.09. The molecule has 0 bridgehead atoms. The van der Waals surface area contributed by atoms with Crippen LogP contribution >= 0.6 is 0 Å². The Labute approximate surface area is 109 Å². The van der Waals surface area contributed by atoms with Gasteiger partial charge in [0.15, 0.2) is 0 Å². The molecule has 0 radical (unpaired) electrons. The number of aryl methyl sites for hydroxylation is 2. The molecule has 1 amide bonds. The minimum absolute atomic E-state index is 0.0187. The summed E-state index contributed by atoms with van der Waals surface area (Å²) in [6.07, 6.45) is 1.84. The normalized spacial score (nSPS) is 12.2. The molecule has 1 unspecified atom stereocenters. The third-order valence-electron chi connectivity index (χ3n) is 3.24. The van der Waals surface area contributed by atoms with Crippen LogP contribution in [-0.2, 0) is 0 Å². The van der Waals surface area contributed by atoms with E-state index in [1.807, 2.05) is 39.0 Å². The molecule has 1 atom stereocenters. The van der Waals surface area contributed by atoms with Crippen molar-refractivity contribution in [2.75, 3.05) is 13.2 Å². The largest absolute Gasteiger partial charge is 0.396 e. The second-order valence-electron chi connectivity index (χ2n) is 4.98. The Hall–Kier alpha value is -1.35. The molecule has 1 aromatic carbocycles. The number of amides is 1. The quantitative estimate of drug-likeness (QED) is 0.761. The third kappa shape index (κ3) is 4.49. The van der Waals surface area contributed by atoms with Crippen LogP contribution in [0.1, 0.15) is 41.3 Å². The summed E-state index contributed by atoms with van der Waals surface area (Å²) >= 11 is 0. The van der Waals surface area contributed by atoms with Gasteiger partial charge in [-0.1, -0.05) is 13.0 Å². The molecule has 0 aliphatic carbocycles. The van der Waals surface area contributed by atoms with E-state index in [1.54, 1.807) is 0 Å². The van der Waals surface area contributed by atoms with Crippen molar-refractivity contribution >= 4 is 5.91 Å². The summed E-state index contributed by atoms with van der Waals surface area (Å²) in [5, 5.41) is 11.8. The second-order valence-corrected chi connectivity index (χ2v) is 4.98. The molecule has 1 aromatic rings. The van der Waals surface area contributed by atoms with Gasteiger partial charge in [-0.3, -0.25) is 4.79 Å². The summed E-state index contributed by atoms with van der Waals surface area (Å²) in [5.74, 6) is 0.290. The second kappa shape index (κ2) is 7.17. The predicted octanol–water partition coefficient (Wildman–Crippen LogP) is 2.44. The van der Waals surface area contributed by atoms with Crippen molar-refractivity contribution in [2.45, 2.75) is 33.6 Å². The van der Waals surface area contributed by atoms with Gasteiger partial charge in [0.1, 0.15) is 0 Å². The van der Waals surface area contributed by atoms with Crippen LogP contribution in [0.15, 0.2) is 18.2 Å². The summed E-state index contributed by atoms with van der Waals surface area (Å²) in [5.41, 5.74) is 3.05. The number of carbonyl (C=O) groups is 1. The zero-order valence-electron chi connectivity index (χ0n) is 11.5. The number of hydrogen-bond acceptors (Lipinski definition) is 2. The standard InChI is InChI=1S/C15H23NO2/c1-11(10-17)5-4-8-16-15(18)14-7-6-12(2)13(3)9-14/h6-7,9,11,17H,4-5,8,10H2,1-3H3,(H,16,18). The zero-order chi connectivity index (χ0) is 13.5. The highest BCUT2D eigenvalue weighted by molar-refractivity contribution is 5.94. The highest BCUT2D eigenvalue weighted by Gasteiger charge is 2.06. The number of benzene rings is 1. The molecule has 0 spiro atoms. The fraction of sp³-hybridized carbons (Fsp3) is 0.533. The van der Waals surface area contributed by atoms with Crippen molar-refractivity contribution in [3.05, 3.63) is 34.9 Å². The molecule has 1 rings (SSSR count). The lowest BCUT2D eigenvalue weighted by atomic mass is 10.1. The van der Waals surface area contributed by atoms with E-state index in [4.69, 9.17) is 5.11 Å². The smallest absolute Gasteiger partial charge is 0.251 e. The van der Waals surface area contributed by atoms with E-state index in [0.29, 0.717) is 18.0 Å². The van der Waals surface area contributed by atoms with Gasteiger partial charge in [0.2, 0.25) is 0 Å². The number of aliphatic hydroxyl groups excluding tert-OH is 1. The maximum atomic E-state index is 11.9. The van der Waals surface area contributed by atoms with Crippen LogP contribution in [0.3, 0.4) is 0 Å². The first kappa shape index (κ1) is 14.7. The van der Waals surface area contributed by atoms with E-state index in [1.165, 1.54) is 5.56 Å². The monoisotopic (exact) mass is 249 g/mol. The van der Waals surface area contributed by atoms with E-state index in [0.717, 1.165) is 18.4 Å². The Morgan fingerprint density at radius 1 is 1.33 bits per heavy atom. The average molecular weight is 249 g/mol. The Kier molecular flexibility index (Phi) is 5.86. The first-order valence-corrected chi connectivity index (χ1v) is 6.51. The minimum atomic E-state index is -0.0187. The topological polar surface area (TPSA) is 49.3 Å². The van der Waals surface area contributed by atoms with Crippen molar-refractivity contribution in [1.29, 1.82) is 0 Å². The van der Waals surface area contributed by atoms with Gasteiger partial charge in [-0.2, -0.15) is 0 Å². The van der Waals surface area contributed by atoms with Gasteiger partial charge in [0.05, 0.1) is 0 Å². The summed E-state index contributed by atoms with van der Waals surface area (Å²) in [7, 11) is 0. The number of aliphatic hydroxyl groups is 1. The van der Waals surface area contributed by atoms with Gasteiger partial charge >= 0.3 is 0 Å². The Morgan fingerprint density at radius 3 is 2.67 bits per heavy atom. The maximum absolute atomic E-state index is 11.9. The van der Waals surface area contributed by atoms with Crippen LogP contribution in [-0.4, -0.2) is 24.2 Å². The lowest BCUT2D eigenvalue weighted by molar-refractivity contribution is 0.0952. The SMILES string of the molecule is Cc1ccc(C(=O)NCCCC(C)CO)cc1C. The van der Waals surface area contributed by atoms with Crippen molar-refractivity contribution in [1.82, 2.24) is 5.32 Å². The molecule has 0 heterocycles. The fourth-order valence-corrected chi connectivity index (χ4v) is 1.73. The van der Waals surface area contributed by atoms with Crippen LogP contribution in [0.25, 0.3) is 0 Å².